The number of aryl methyl sites for hydroxylation is 2. The van der Waals surface area contributed by atoms with Crippen LogP contribution in [0.2, 0.25) is 0 Å². The van der Waals surface area contributed by atoms with E-state index < -0.39 is 10.0 Å². The van der Waals surface area contributed by atoms with E-state index in [1.165, 1.54) is 13.8 Å². The molecule has 0 radical (unpaired) electrons. The number of carbonyl (C=O) groups is 1. The Bertz CT molecular complexity index is 701. The summed E-state index contributed by atoms with van der Waals surface area (Å²) in [5.41, 5.74) is 0.719. The maximum absolute atomic E-state index is 12.1. The number of nitrogens with zero attached hydrogens (tertiary/aromatic N) is 1. The average molecular weight is 294 g/mol. The van der Waals surface area contributed by atoms with Crippen molar-refractivity contribution in [2.75, 3.05) is 6.54 Å². The Morgan fingerprint density at radius 1 is 1.25 bits per heavy atom. The first kappa shape index (κ1) is 14.4. The van der Waals surface area contributed by atoms with Crippen molar-refractivity contribution in [1.29, 1.82) is 0 Å². The van der Waals surface area contributed by atoms with E-state index in [2.05, 4.69) is 9.88 Å². The molecular formula is C13H14N2O4S. The summed E-state index contributed by atoms with van der Waals surface area (Å²) in [5.74, 6) is -0.108. The predicted molar refractivity (Wildman–Crippen MR) is 71.9 cm³/mol. The molecule has 106 valence electrons. The van der Waals surface area contributed by atoms with Gasteiger partial charge in [-0.05, 0) is 13.8 Å². The first-order valence-corrected chi connectivity index (χ1v) is 7.41. The third-order valence-electron chi connectivity index (χ3n) is 2.76. The van der Waals surface area contributed by atoms with Crippen molar-refractivity contribution >= 4 is 15.8 Å². The molecule has 0 unspecified atom stereocenters. The largest absolute Gasteiger partial charge is 0.360 e. The molecule has 7 heteroatoms. The minimum absolute atomic E-state index is 0.0154. The number of hydrogen-bond acceptors (Lipinski definition) is 5. The van der Waals surface area contributed by atoms with Crippen LogP contribution >= 0.6 is 0 Å². The lowest BCUT2D eigenvalue weighted by Crippen LogP contribution is -2.30. The molecule has 0 amide bonds. The number of sulfonamides is 1. The molecule has 0 atom stereocenters. The number of ketones is 1. The van der Waals surface area contributed by atoms with Crippen LogP contribution in [0.5, 0.6) is 0 Å². The SMILES string of the molecule is Cc1noc(C)c1S(=O)(=O)NCC(=O)c1ccccc1. The quantitative estimate of drug-likeness (QED) is 0.843. The van der Waals surface area contributed by atoms with Gasteiger partial charge < -0.3 is 4.52 Å². The van der Waals surface area contributed by atoms with Gasteiger partial charge in [0.15, 0.2) is 11.5 Å². The van der Waals surface area contributed by atoms with E-state index >= 15 is 0 Å². The Morgan fingerprint density at radius 2 is 1.90 bits per heavy atom. The van der Waals surface area contributed by atoms with Crippen molar-refractivity contribution in [1.82, 2.24) is 9.88 Å². The minimum atomic E-state index is -3.81. The van der Waals surface area contributed by atoms with Gasteiger partial charge in [0.25, 0.3) is 0 Å². The number of nitrogens with one attached hydrogen (secondary N) is 1. The highest BCUT2D eigenvalue weighted by Gasteiger charge is 2.24. The van der Waals surface area contributed by atoms with Gasteiger partial charge in [0, 0.05) is 5.56 Å². The Morgan fingerprint density at radius 3 is 2.45 bits per heavy atom. The van der Waals surface area contributed by atoms with E-state index in [1.54, 1.807) is 30.3 Å². The average Bonchev–Trinajstić information content (AvgIpc) is 2.77. The maximum atomic E-state index is 12.1. The number of Topliss-reactive ketones (excluding diaryl/α,β-unsaturated/α-hetero) is 1. The van der Waals surface area contributed by atoms with Crippen molar-refractivity contribution in [2.45, 2.75) is 18.7 Å². The topological polar surface area (TPSA) is 89.3 Å². The van der Waals surface area contributed by atoms with E-state index in [4.69, 9.17) is 4.52 Å². The van der Waals surface area contributed by atoms with Crippen molar-refractivity contribution in [3.05, 3.63) is 47.3 Å². The van der Waals surface area contributed by atoms with Gasteiger partial charge in [-0.1, -0.05) is 35.5 Å². The smallest absolute Gasteiger partial charge is 0.246 e. The van der Waals surface area contributed by atoms with E-state index in [9.17, 15) is 13.2 Å². The molecule has 0 saturated heterocycles. The lowest BCUT2D eigenvalue weighted by atomic mass is 10.1. The fourth-order valence-electron chi connectivity index (χ4n) is 1.82. The van der Waals surface area contributed by atoms with Crippen LogP contribution in [-0.4, -0.2) is 25.9 Å². The lowest BCUT2D eigenvalue weighted by molar-refractivity contribution is 0.0997. The van der Waals surface area contributed by atoms with Crippen LogP contribution in [0.3, 0.4) is 0 Å². The molecule has 0 aliphatic heterocycles. The molecule has 0 bridgehead atoms. The summed E-state index contributed by atoms with van der Waals surface area (Å²) in [7, 11) is -3.81. The predicted octanol–water partition coefficient (Wildman–Crippen LogP) is 1.45. The Balaban J connectivity index is 2.13. The monoisotopic (exact) mass is 294 g/mol. The number of rotatable bonds is 5. The molecule has 0 spiro atoms. The summed E-state index contributed by atoms with van der Waals surface area (Å²) < 4.78 is 31.3. The third-order valence-corrected chi connectivity index (χ3v) is 4.40. The van der Waals surface area contributed by atoms with Crippen LogP contribution in [0.4, 0.5) is 0 Å². The molecule has 0 fully saturated rings. The first-order valence-electron chi connectivity index (χ1n) is 5.92. The third kappa shape index (κ3) is 2.94. The summed E-state index contributed by atoms with van der Waals surface area (Å²) in [4.78, 5) is 11.8. The van der Waals surface area contributed by atoms with Gasteiger partial charge in [0.05, 0.1) is 6.54 Å². The van der Waals surface area contributed by atoms with E-state index in [0.29, 0.717) is 5.56 Å². The zero-order valence-corrected chi connectivity index (χ0v) is 11.9. The summed E-state index contributed by atoms with van der Waals surface area (Å²) in [5, 5.41) is 3.59. The molecule has 1 aromatic carbocycles. The molecule has 20 heavy (non-hydrogen) atoms. The molecule has 6 nitrogen and oxygen atoms in total. The van der Waals surface area contributed by atoms with Gasteiger partial charge >= 0.3 is 0 Å². The van der Waals surface area contributed by atoms with Crippen LogP contribution < -0.4 is 4.72 Å². The van der Waals surface area contributed by atoms with Crippen LogP contribution in [-0.2, 0) is 10.0 Å². The van der Waals surface area contributed by atoms with Gasteiger partial charge in [0.2, 0.25) is 10.0 Å². The Labute approximate surface area is 116 Å². The molecule has 0 saturated carbocycles. The summed E-state index contributed by atoms with van der Waals surface area (Å²) in [6.07, 6.45) is 0. The van der Waals surface area contributed by atoms with E-state index in [-0.39, 0.29) is 28.7 Å². The van der Waals surface area contributed by atoms with Crippen LogP contribution in [0.15, 0.2) is 39.8 Å². The summed E-state index contributed by atoms with van der Waals surface area (Å²) in [6, 6.07) is 8.48. The second-order valence-electron chi connectivity index (χ2n) is 4.27. The van der Waals surface area contributed by atoms with Crippen LogP contribution in [0, 0.1) is 13.8 Å². The number of carbonyl (C=O) groups excluding carboxylic acids is 1. The minimum Gasteiger partial charge on any atom is -0.360 e. The molecule has 2 rings (SSSR count). The van der Waals surface area contributed by atoms with Crippen molar-refractivity contribution in [3.8, 4) is 0 Å². The second kappa shape index (κ2) is 5.56. The lowest BCUT2D eigenvalue weighted by Gasteiger charge is -2.05. The maximum Gasteiger partial charge on any atom is 0.246 e. The molecule has 0 aliphatic rings. The molecule has 1 heterocycles. The fraction of sp³-hybridized carbons (Fsp3) is 0.231. The highest BCUT2D eigenvalue weighted by Crippen LogP contribution is 2.18. The van der Waals surface area contributed by atoms with E-state index in [1.807, 2.05) is 0 Å². The summed E-state index contributed by atoms with van der Waals surface area (Å²) >= 11 is 0. The van der Waals surface area contributed by atoms with Crippen molar-refractivity contribution < 1.29 is 17.7 Å². The highest BCUT2D eigenvalue weighted by atomic mass is 32.2. The Kier molecular flexibility index (Phi) is 4.01. The van der Waals surface area contributed by atoms with E-state index in [0.717, 1.165) is 0 Å². The number of hydrogen-bond donors (Lipinski definition) is 1. The molecule has 1 N–H and O–H groups in total. The molecular weight excluding hydrogens is 280 g/mol. The van der Waals surface area contributed by atoms with Gasteiger partial charge in [-0.3, -0.25) is 4.79 Å². The highest BCUT2D eigenvalue weighted by molar-refractivity contribution is 7.89. The zero-order valence-electron chi connectivity index (χ0n) is 11.1. The normalized spacial score (nSPS) is 11.5. The zero-order chi connectivity index (χ0) is 14.8. The van der Waals surface area contributed by atoms with Gasteiger partial charge in [-0.2, -0.15) is 0 Å². The molecule has 1 aromatic heterocycles. The van der Waals surface area contributed by atoms with Crippen molar-refractivity contribution in [2.24, 2.45) is 0 Å². The Hall–Kier alpha value is -1.99. The standard InChI is InChI=1S/C13H14N2O4S/c1-9-13(10(2)19-15-9)20(17,18)14-8-12(16)11-6-4-3-5-7-11/h3-7,14H,8H2,1-2H3. The van der Waals surface area contributed by atoms with Crippen LogP contribution in [0.25, 0.3) is 0 Å². The fourth-order valence-corrected chi connectivity index (χ4v) is 3.12. The second-order valence-corrected chi connectivity index (χ2v) is 5.97. The van der Waals surface area contributed by atoms with Crippen LogP contribution in [0.1, 0.15) is 21.8 Å². The van der Waals surface area contributed by atoms with Gasteiger partial charge in [0.1, 0.15) is 10.6 Å². The summed E-state index contributed by atoms with van der Waals surface area (Å²) in [6.45, 7) is 2.73. The van der Waals surface area contributed by atoms with Gasteiger partial charge in [-0.15, -0.1) is 0 Å². The first-order chi connectivity index (χ1) is 9.42. The molecule has 2 aromatic rings. The molecule has 0 aliphatic carbocycles. The number of benzene rings is 1. The number of aromatic nitrogens is 1. The van der Waals surface area contributed by atoms with Crippen molar-refractivity contribution in [3.63, 3.8) is 0 Å². The van der Waals surface area contributed by atoms with Gasteiger partial charge in [-0.25, -0.2) is 13.1 Å².